The van der Waals surface area contributed by atoms with Crippen molar-refractivity contribution in [1.29, 1.82) is 0 Å². The van der Waals surface area contributed by atoms with E-state index in [1.807, 2.05) is 0 Å². The lowest BCUT2D eigenvalue weighted by atomic mass is 10.0. The second kappa shape index (κ2) is 27.7. The van der Waals surface area contributed by atoms with Gasteiger partial charge in [0.15, 0.2) is 14.4 Å². The first-order chi connectivity index (χ1) is 20.0. The lowest BCUT2D eigenvalue weighted by Crippen LogP contribution is -2.35. The number of carbonyl (C=O) groups is 2. The molecule has 0 saturated heterocycles. The van der Waals surface area contributed by atoms with Gasteiger partial charge in [0.1, 0.15) is 6.61 Å². The Kier molecular flexibility index (Phi) is 27.1. The second-order valence-corrected chi connectivity index (χ2v) is 19.0. The van der Waals surface area contributed by atoms with Crippen molar-refractivity contribution in [3.05, 3.63) is 0 Å². The molecule has 0 aromatic heterocycles. The predicted octanol–water partition coefficient (Wildman–Crippen LogP) is 11.2. The monoisotopic (exact) mass is 613 g/mol. The normalized spacial score (nSPS) is 12.7. The van der Waals surface area contributed by atoms with Gasteiger partial charge in [-0.1, -0.05) is 143 Å². The average molecular weight is 613 g/mol. The van der Waals surface area contributed by atoms with E-state index in [9.17, 15) is 9.59 Å². The fraction of sp³-hybridized carbons (Fsp3) is 0.944. The van der Waals surface area contributed by atoms with Crippen molar-refractivity contribution < 1.29 is 23.5 Å². The lowest BCUT2D eigenvalue weighted by Gasteiger charge is -2.23. The van der Waals surface area contributed by atoms with Crippen molar-refractivity contribution in [2.45, 2.75) is 195 Å². The molecule has 0 bridgehead atoms. The van der Waals surface area contributed by atoms with Crippen LogP contribution in [0.5, 0.6) is 0 Å². The first-order valence-corrected chi connectivity index (χ1v) is 21.4. The number of ether oxygens (including phenoxy) is 2. The summed E-state index contributed by atoms with van der Waals surface area (Å²) in [5.74, 6) is 1.24. The molecule has 0 radical (unpaired) electrons. The minimum absolute atomic E-state index is 0.0863. The molecule has 0 heterocycles. The van der Waals surface area contributed by atoms with Crippen LogP contribution in [0.25, 0.3) is 0 Å². The van der Waals surface area contributed by atoms with Crippen LogP contribution in [0.1, 0.15) is 169 Å². The molecule has 250 valence electrons. The van der Waals surface area contributed by atoms with E-state index in [0.717, 1.165) is 37.5 Å². The molecule has 1 atom stereocenters. The fourth-order valence-electron chi connectivity index (χ4n) is 5.08. The smallest absolute Gasteiger partial charge is 0.306 e. The number of unbranched alkanes of at least 4 members (excludes halogenated alkanes) is 16. The van der Waals surface area contributed by atoms with Crippen LogP contribution in [-0.2, 0) is 23.5 Å². The van der Waals surface area contributed by atoms with Gasteiger partial charge in [0.05, 0.1) is 6.61 Å². The highest BCUT2D eigenvalue weighted by molar-refractivity contribution is 6.69. The Morgan fingerprint density at radius 3 is 1.24 bits per heavy atom. The van der Waals surface area contributed by atoms with Crippen LogP contribution in [0, 0.1) is 11.8 Å². The fourth-order valence-corrected chi connectivity index (χ4v) is 5.77. The summed E-state index contributed by atoms with van der Waals surface area (Å²) < 4.78 is 17.2. The quantitative estimate of drug-likeness (QED) is 0.0459. The largest absolute Gasteiger partial charge is 0.462 e. The molecule has 0 amide bonds. The Morgan fingerprint density at radius 1 is 0.500 bits per heavy atom. The summed E-state index contributed by atoms with van der Waals surface area (Å²) in [6.07, 6.45) is 25.2. The van der Waals surface area contributed by atoms with Crippen molar-refractivity contribution in [3.63, 3.8) is 0 Å². The molecule has 0 fully saturated rings. The van der Waals surface area contributed by atoms with Crippen LogP contribution >= 0.6 is 0 Å². The van der Waals surface area contributed by atoms with E-state index >= 15 is 0 Å². The molecule has 0 aromatic rings. The minimum Gasteiger partial charge on any atom is -0.462 e. The van der Waals surface area contributed by atoms with Gasteiger partial charge < -0.3 is 13.9 Å². The molecule has 0 spiro atoms. The maximum absolute atomic E-state index is 12.5. The molecular formula is C36H72O5Si. The van der Waals surface area contributed by atoms with Gasteiger partial charge in [-0.25, -0.2) is 0 Å². The van der Waals surface area contributed by atoms with Gasteiger partial charge in [0.25, 0.3) is 0 Å². The van der Waals surface area contributed by atoms with E-state index in [0.29, 0.717) is 19.4 Å². The summed E-state index contributed by atoms with van der Waals surface area (Å²) in [7, 11) is -1.77. The summed E-state index contributed by atoms with van der Waals surface area (Å²) in [6, 6.07) is 0. The Balaban J connectivity index is 3.99. The number of hydrogen-bond acceptors (Lipinski definition) is 5. The van der Waals surface area contributed by atoms with Gasteiger partial charge in [-0.2, -0.15) is 0 Å². The van der Waals surface area contributed by atoms with E-state index in [4.69, 9.17) is 13.9 Å². The zero-order chi connectivity index (χ0) is 31.5. The summed E-state index contributed by atoms with van der Waals surface area (Å²) in [5.41, 5.74) is 0. The van der Waals surface area contributed by atoms with Gasteiger partial charge >= 0.3 is 11.9 Å². The Morgan fingerprint density at radius 2 is 0.857 bits per heavy atom. The van der Waals surface area contributed by atoms with Crippen molar-refractivity contribution in [1.82, 2.24) is 0 Å². The number of hydrogen-bond donors (Lipinski definition) is 0. The molecular weight excluding hydrogens is 540 g/mol. The third-order valence-corrected chi connectivity index (χ3v) is 8.79. The van der Waals surface area contributed by atoms with Gasteiger partial charge in [0, 0.05) is 12.8 Å². The number of esters is 2. The van der Waals surface area contributed by atoms with E-state index < -0.39 is 14.4 Å². The Hall–Kier alpha value is -0.883. The summed E-state index contributed by atoms with van der Waals surface area (Å²) in [4.78, 5) is 24.8. The molecule has 0 aliphatic rings. The highest BCUT2D eigenvalue weighted by Gasteiger charge is 2.22. The number of rotatable bonds is 30. The highest BCUT2D eigenvalue weighted by atomic mass is 28.4. The molecule has 42 heavy (non-hydrogen) atoms. The minimum atomic E-state index is -1.77. The molecule has 0 saturated carbocycles. The average Bonchev–Trinajstić information content (AvgIpc) is 2.91. The highest BCUT2D eigenvalue weighted by Crippen LogP contribution is 2.16. The van der Waals surface area contributed by atoms with Crippen LogP contribution in [0.4, 0.5) is 0 Å². The first-order valence-electron chi connectivity index (χ1n) is 18.0. The van der Waals surface area contributed by atoms with Crippen molar-refractivity contribution in [2.75, 3.05) is 13.2 Å². The molecule has 0 rings (SSSR count). The van der Waals surface area contributed by atoms with E-state index in [2.05, 4.69) is 47.3 Å². The van der Waals surface area contributed by atoms with Crippen LogP contribution in [0.15, 0.2) is 0 Å². The van der Waals surface area contributed by atoms with Gasteiger partial charge in [-0.05, 0) is 44.3 Å². The second-order valence-electron chi connectivity index (χ2n) is 14.4. The maximum Gasteiger partial charge on any atom is 0.306 e. The van der Waals surface area contributed by atoms with Crippen molar-refractivity contribution in [2.24, 2.45) is 11.8 Å². The molecule has 0 aromatic carbocycles. The van der Waals surface area contributed by atoms with Crippen LogP contribution in [0.2, 0.25) is 19.6 Å². The molecule has 6 heteroatoms. The van der Waals surface area contributed by atoms with Crippen molar-refractivity contribution in [3.8, 4) is 0 Å². The van der Waals surface area contributed by atoms with E-state index in [1.54, 1.807) is 0 Å². The third kappa shape index (κ3) is 32.0. The zero-order valence-electron chi connectivity index (χ0n) is 29.2. The molecule has 1 unspecified atom stereocenters. The molecule has 0 aliphatic carbocycles. The standard InChI is InChI=1S/C36H72O5Si/c1-32(2)26-22-18-14-10-8-12-16-20-24-28-35(37)39-30-34(31-40-42(5,6)7)41-36(38)29-25-21-17-13-9-11-15-19-23-27-33(3)4/h32-34H,8-31H2,1-7H3. The van der Waals surface area contributed by atoms with Gasteiger partial charge in [-0.15, -0.1) is 0 Å². The number of carbonyl (C=O) groups excluding carboxylic acids is 2. The predicted molar refractivity (Wildman–Crippen MR) is 181 cm³/mol. The summed E-state index contributed by atoms with van der Waals surface area (Å²) in [6.45, 7) is 15.9. The lowest BCUT2D eigenvalue weighted by molar-refractivity contribution is -0.161. The Labute approximate surface area is 263 Å². The molecule has 5 nitrogen and oxygen atoms in total. The topological polar surface area (TPSA) is 61.8 Å². The van der Waals surface area contributed by atoms with E-state index in [1.165, 1.54) is 103 Å². The van der Waals surface area contributed by atoms with E-state index in [-0.39, 0.29) is 18.5 Å². The maximum atomic E-state index is 12.5. The van der Waals surface area contributed by atoms with Crippen LogP contribution < -0.4 is 0 Å². The van der Waals surface area contributed by atoms with Crippen LogP contribution in [0.3, 0.4) is 0 Å². The molecule has 0 N–H and O–H groups in total. The third-order valence-electron chi connectivity index (χ3n) is 7.76. The van der Waals surface area contributed by atoms with Gasteiger partial charge in [0.2, 0.25) is 0 Å². The summed E-state index contributed by atoms with van der Waals surface area (Å²) in [5, 5.41) is 0. The Bertz CT molecular complexity index is 629. The molecule has 0 aliphatic heterocycles. The van der Waals surface area contributed by atoms with Crippen molar-refractivity contribution >= 4 is 20.3 Å². The van der Waals surface area contributed by atoms with Crippen LogP contribution in [-0.4, -0.2) is 39.6 Å². The van der Waals surface area contributed by atoms with Gasteiger partial charge in [-0.3, -0.25) is 9.59 Å². The SMILES string of the molecule is CC(C)CCCCCCCCCCCC(=O)OCC(CO[Si](C)(C)C)OC(=O)CCCCCCCCCCCC(C)C. The first kappa shape index (κ1) is 41.1. The summed E-state index contributed by atoms with van der Waals surface area (Å²) >= 11 is 0. The zero-order valence-corrected chi connectivity index (χ0v) is 30.2.